The van der Waals surface area contributed by atoms with Crippen LogP contribution < -0.4 is 5.73 Å². The van der Waals surface area contributed by atoms with Gasteiger partial charge in [-0.05, 0) is 19.9 Å². The number of benzene rings is 2. The number of phenolic OH excluding ortho intramolecular Hbond substituents is 3. The molecule has 0 unspecified atom stereocenters. The Hall–Kier alpha value is -3.88. The third-order valence-electron chi connectivity index (χ3n) is 8.24. The molecule has 2 aromatic rings. The maximum absolute atomic E-state index is 13.6. The molecule has 1 heterocycles. The zero-order valence-corrected chi connectivity index (χ0v) is 23.0. The van der Waals surface area contributed by atoms with Crippen LogP contribution in [0.3, 0.4) is 0 Å². The van der Waals surface area contributed by atoms with Crippen molar-refractivity contribution in [1.29, 1.82) is 0 Å². The predicted octanol–water partition coefficient (Wildman–Crippen LogP) is 0.830. The highest BCUT2D eigenvalue weighted by atomic mass is 16.7. The minimum atomic E-state index is -2.24. The van der Waals surface area contributed by atoms with Gasteiger partial charge in [-0.1, -0.05) is 12.1 Å². The highest BCUT2D eigenvalue weighted by Crippen LogP contribution is 2.57. The largest absolute Gasteiger partial charge is 0.507 e. The van der Waals surface area contributed by atoms with Crippen molar-refractivity contribution < 1.29 is 58.9 Å². The molecule has 0 bridgehead atoms. The highest BCUT2D eigenvalue weighted by molar-refractivity contribution is 6.31. The zero-order valence-electron chi connectivity index (χ0n) is 23.0. The number of fused-ring (bicyclic) bond motifs is 3. The lowest BCUT2D eigenvalue weighted by molar-refractivity contribution is -0.248. The summed E-state index contributed by atoms with van der Waals surface area (Å²) in [4.78, 5) is 52.7. The Labute approximate surface area is 239 Å². The molecular weight excluding hydrogens is 554 g/mol. The van der Waals surface area contributed by atoms with Gasteiger partial charge in [0.25, 0.3) is 0 Å². The maximum atomic E-state index is 13.6. The second-order valence-corrected chi connectivity index (χ2v) is 11.1. The van der Waals surface area contributed by atoms with Gasteiger partial charge in [-0.25, -0.2) is 0 Å². The zero-order chi connectivity index (χ0) is 30.8. The normalized spacial score (nSPS) is 30.2. The highest BCUT2D eigenvalue weighted by Gasteiger charge is 2.56. The van der Waals surface area contributed by atoms with Gasteiger partial charge < -0.3 is 45.5 Å². The van der Waals surface area contributed by atoms with E-state index in [-0.39, 0.29) is 23.1 Å². The van der Waals surface area contributed by atoms with Crippen molar-refractivity contribution in [2.24, 2.45) is 5.73 Å². The molecule has 0 spiro atoms. The Morgan fingerprint density at radius 1 is 1.07 bits per heavy atom. The average Bonchev–Trinajstić information content (AvgIpc) is 2.90. The lowest BCUT2D eigenvalue weighted by atomic mass is 9.66. The molecule has 13 nitrogen and oxygen atoms in total. The first kappa shape index (κ1) is 29.6. The molecule has 13 heteroatoms. The molecule has 2 aliphatic carbocycles. The molecule has 42 heavy (non-hydrogen) atoms. The molecule has 1 aliphatic heterocycles. The summed E-state index contributed by atoms with van der Waals surface area (Å²) in [5, 5.41) is 55.7. The summed E-state index contributed by atoms with van der Waals surface area (Å²) in [6.07, 6.45) is -5.47. The number of phenols is 3. The molecule has 224 valence electrons. The summed E-state index contributed by atoms with van der Waals surface area (Å²) in [7, 11) is 1.02. The van der Waals surface area contributed by atoms with Gasteiger partial charge in [-0.2, -0.15) is 0 Å². The Bertz CT molecular complexity index is 1510. The van der Waals surface area contributed by atoms with Crippen LogP contribution in [0.5, 0.6) is 17.2 Å². The van der Waals surface area contributed by atoms with Crippen LogP contribution in [0.25, 0.3) is 0 Å². The van der Waals surface area contributed by atoms with Gasteiger partial charge in [0.1, 0.15) is 28.9 Å². The number of hydrogen-bond donors (Lipinski definition) is 6. The molecule has 5 rings (SSSR count). The van der Waals surface area contributed by atoms with Gasteiger partial charge in [0.15, 0.2) is 12.1 Å². The van der Waals surface area contributed by atoms with Crippen LogP contribution in [-0.2, 0) is 23.8 Å². The van der Waals surface area contributed by atoms with Crippen molar-refractivity contribution in [3.05, 3.63) is 51.6 Å². The lowest BCUT2D eigenvalue weighted by Gasteiger charge is -2.45. The fourth-order valence-electron chi connectivity index (χ4n) is 6.39. The first-order valence-corrected chi connectivity index (χ1v) is 13.3. The average molecular weight is 586 g/mol. The van der Waals surface area contributed by atoms with E-state index in [1.165, 1.54) is 25.1 Å². The van der Waals surface area contributed by atoms with E-state index in [0.717, 1.165) is 7.11 Å². The summed E-state index contributed by atoms with van der Waals surface area (Å²) in [5.74, 6) is -7.58. The number of rotatable bonds is 5. The molecule has 0 amide bonds. The van der Waals surface area contributed by atoms with Gasteiger partial charge in [-0.3, -0.25) is 19.2 Å². The predicted molar refractivity (Wildman–Crippen MR) is 141 cm³/mol. The number of methoxy groups -OCH3 is 1. The molecule has 1 saturated heterocycles. The van der Waals surface area contributed by atoms with E-state index in [1.807, 2.05) is 0 Å². The van der Waals surface area contributed by atoms with Crippen LogP contribution in [0, 0.1) is 0 Å². The summed E-state index contributed by atoms with van der Waals surface area (Å²) in [5.41, 5.74) is 1.09. The van der Waals surface area contributed by atoms with Gasteiger partial charge >= 0.3 is 5.97 Å². The molecule has 7 atom stereocenters. The van der Waals surface area contributed by atoms with Crippen molar-refractivity contribution in [3.63, 3.8) is 0 Å². The number of aromatic hydroxyl groups is 3. The van der Waals surface area contributed by atoms with Crippen molar-refractivity contribution in [2.75, 3.05) is 7.11 Å². The number of esters is 1. The number of Topliss-reactive ketones (excluding diaryl/α,β-unsaturated/α-hetero) is 1. The fourth-order valence-corrected chi connectivity index (χ4v) is 6.39. The van der Waals surface area contributed by atoms with Crippen LogP contribution in [0.1, 0.15) is 88.1 Å². The topological polar surface area (TPSA) is 223 Å². The smallest absolute Gasteiger partial charge is 0.316 e. The van der Waals surface area contributed by atoms with Crippen LogP contribution in [0.2, 0.25) is 0 Å². The SMILES string of the molecule is COC(=O)[C@@H]1c2c(O)c3c(c(O)c2[C@@H](O[C@H]2C[C@H](N)[C@H](O)[C@H](C)O2)C[C@]1(O)CC(C)=O)C(=O)c1c(O)cccc1C3=O. The number of ether oxygens (including phenoxy) is 3. The van der Waals surface area contributed by atoms with E-state index in [1.54, 1.807) is 6.92 Å². The third-order valence-corrected chi connectivity index (χ3v) is 8.24. The van der Waals surface area contributed by atoms with E-state index in [9.17, 15) is 44.7 Å². The Balaban J connectivity index is 1.77. The van der Waals surface area contributed by atoms with Crippen molar-refractivity contribution in [3.8, 4) is 17.2 Å². The van der Waals surface area contributed by atoms with Crippen LogP contribution in [-0.4, -0.2) is 86.1 Å². The number of aliphatic hydroxyl groups is 2. The van der Waals surface area contributed by atoms with E-state index >= 15 is 0 Å². The minimum Gasteiger partial charge on any atom is -0.507 e. The summed E-state index contributed by atoms with van der Waals surface area (Å²) >= 11 is 0. The van der Waals surface area contributed by atoms with E-state index in [0.29, 0.717) is 0 Å². The Morgan fingerprint density at radius 3 is 2.33 bits per heavy atom. The minimum absolute atomic E-state index is 0.0285. The second kappa shape index (κ2) is 10.4. The molecule has 0 aromatic heterocycles. The fraction of sp³-hybridized carbons (Fsp3) is 0.448. The second-order valence-electron chi connectivity index (χ2n) is 11.1. The number of ketones is 3. The summed E-state index contributed by atoms with van der Waals surface area (Å²) in [6, 6.07) is 2.98. The Morgan fingerprint density at radius 2 is 1.71 bits per heavy atom. The molecule has 2 aromatic carbocycles. The lowest BCUT2D eigenvalue weighted by Crippen LogP contribution is -2.53. The van der Waals surface area contributed by atoms with E-state index in [2.05, 4.69) is 0 Å². The van der Waals surface area contributed by atoms with Crippen molar-refractivity contribution >= 4 is 23.3 Å². The van der Waals surface area contributed by atoms with Crippen molar-refractivity contribution in [2.45, 2.75) is 75.3 Å². The summed E-state index contributed by atoms with van der Waals surface area (Å²) < 4.78 is 16.7. The number of carbonyl (C=O) groups excluding carboxylic acids is 4. The van der Waals surface area contributed by atoms with Gasteiger partial charge in [-0.15, -0.1) is 0 Å². The first-order chi connectivity index (χ1) is 19.7. The van der Waals surface area contributed by atoms with Crippen LogP contribution in [0.4, 0.5) is 0 Å². The molecule has 1 fully saturated rings. The first-order valence-electron chi connectivity index (χ1n) is 13.3. The quantitative estimate of drug-likeness (QED) is 0.181. The molecule has 7 N–H and O–H groups in total. The molecule has 0 saturated carbocycles. The standard InChI is InChI=1S/C29H31NO12/c1-10(31)8-29(39)9-15(42-16-7-13(30)23(33)11(2)41-16)18-19(22(29)28(38)40-3)27(37)20-21(26(18)36)25(35)17-12(24(20)34)5-4-6-14(17)32/h4-6,11,13,15-16,22-23,32-33,36-37,39H,7-9,30H2,1-3H3/t11-,13-,15-,16-,22-,23+,29+/m0/s1. The van der Waals surface area contributed by atoms with E-state index in [4.69, 9.17) is 19.9 Å². The third kappa shape index (κ3) is 4.44. The number of aliphatic hydroxyl groups excluding tert-OH is 1. The van der Waals surface area contributed by atoms with Gasteiger partial charge in [0.2, 0.25) is 5.78 Å². The number of nitrogens with two attached hydrogens (primary N) is 1. The van der Waals surface area contributed by atoms with Crippen molar-refractivity contribution in [1.82, 2.24) is 0 Å². The van der Waals surface area contributed by atoms with Gasteiger partial charge in [0, 0.05) is 42.0 Å². The molecular formula is C29H31NO12. The van der Waals surface area contributed by atoms with Crippen LogP contribution in [0.15, 0.2) is 18.2 Å². The van der Waals surface area contributed by atoms with E-state index < -0.39 is 112 Å². The summed E-state index contributed by atoms with van der Waals surface area (Å²) in [6.45, 7) is 2.74. The number of hydrogen-bond acceptors (Lipinski definition) is 13. The Kier molecular flexibility index (Phi) is 7.36. The van der Waals surface area contributed by atoms with Crippen LogP contribution >= 0.6 is 0 Å². The monoisotopic (exact) mass is 585 g/mol. The molecule has 0 radical (unpaired) electrons. The number of carbonyl (C=O) groups is 4. The molecule has 3 aliphatic rings. The van der Waals surface area contributed by atoms with Gasteiger partial charge in [0.05, 0.1) is 47.7 Å². The maximum Gasteiger partial charge on any atom is 0.316 e.